The van der Waals surface area contributed by atoms with E-state index in [0.29, 0.717) is 5.92 Å². The van der Waals surface area contributed by atoms with E-state index in [4.69, 9.17) is 0 Å². The van der Waals surface area contributed by atoms with Crippen molar-refractivity contribution in [3.8, 4) is 0 Å². The van der Waals surface area contributed by atoms with E-state index in [1.807, 2.05) is 12.1 Å². The van der Waals surface area contributed by atoms with Gasteiger partial charge in [-0.2, -0.15) is 0 Å². The standard InChI is InChI=1S/C15H20FN/c16-15-9-5-4-8-14(15)12-10-17(11-12)13-6-2-1-3-7-13/h4-5,8-9,12-13H,1-3,6-7,10-11H2. The molecule has 17 heavy (non-hydrogen) atoms. The first-order chi connectivity index (χ1) is 8.34. The van der Waals surface area contributed by atoms with E-state index in [0.717, 1.165) is 24.7 Å². The normalized spacial score (nSPS) is 23.6. The van der Waals surface area contributed by atoms with Crippen molar-refractivity contribution < 1.29 is 4.39 Å². The minimum atomic E-state index is -0.0270. The lowest BCUT2D eigenvalue weighted by molar-refractivity contribution is 0.0677. The van der Waals surface area contributed by atoms with Gasteiger partial charge in [-0.15, -0.1) is 0 Å². The number of likely N-dealkylation sites (tertiary alicyclic amines) is 1. The van der Waals surface area contributed by atoms with E-state index in [-0.39, 0.29) is 5.82 Å². The molecule has 2 heteroatoms. The Bertz CT molecular complexity index is 378. The number of halogens is 1. The summed E-state index contributed by atoms with van der Waals surface area (Å²) in [6, 6.07) is 8.03. The SMILES string of the molecule is Fc1ccccc1C1CN(C2CCCCC2)C1. The van der Waals surface area contributed by atoms with Crippen molar-refractivity contribution in [2.45, 2.75) is 44.1 Å². The smallest absolute Gasteiger partial charge is 0.126 e. The second-order valence-corrected chi connectivity index (χ2v) is 5.46. The van der Waals surface area contributed by atoms with Crippen LogP contribution in [-0.4, -0.2) is 24.0 Å². The van der Waals surface area contributed by atoms with Gasteiger partial charge in [0.25, 0.3) is 0 Å². The topological polar surface area (TPSA) is 3.24 Å². The molecule has 0 N–H and O–H groups in total. The Morgan fingerprint density at radius 2 is 1.71 bits per heavy atom. The summed E-state index contributed by atoms with van der Waals surface area (Å²) in [5.41, 5.74) is 0.916. The van der Waals surface area contributed by atoms with Crippen LogP contribution in [0.25, 0.3) is 0 Å². The van der Waals surface area contributed by atoms with Gasteiger partial charge in [0.2, 0.25) is 0 Å². The maximum atomic E-state index is 13.6. The molecule has 0 atom stereocenters. The van der Waals surface area contributed by atoms with E-state index in [2.05, 4.69) is 4.90 Å². The highest BCUT2D eigenvalue weighted by Gasteiger charge is 2.34. The Morgan fingerprint density at radius 1 is 1.00 bits per heavy atom. The zero-order valence-corrected chi connectivity index (χ0v) is 10.2. The van der Waals surface area contributed by atoms with Crippen LogP contribution in [0.5, 0.6) is 0 Å². The molecule has 0 unspecified atom stereocenters. The van der Waals surface area contributed by atoms with Gasteiger partial charge < -0.3 is 0 Å². The van der Waals surface area contributed by atoms with Crippen LogP contribution in [0.4, 0.5) is 4.39 Å². The minimum absolute atomic E-state index is 0.0270. The molecule has 3 rings (SSSR count). The van der Waals surface area contributed by atoms with Crippen LogP contribution < -0.4 is 0 Å². The first kappa shape index (κ1) is 11.2. The molecular weight excluding hydrogens is 213 g/mol. The number of rotatable bonds is 2. The van der Waals surface area contributed by atoms with Crippen molar-refractivity contribution in [3.63, 3.8) is 0 Å². The van der Waals surface area contributed by atoms with Crippen LogP contribution in [0.3, 0.4) is 0 Å². The van der Waals surface area contributed by atoms with Crippen molar-refractivity contribution >= 4 is 0 Å². The summed E-state index contributed by atoms with van der Waals surface area (Å²) in [7, 11) is 0. The van der Waals surface area contributed by atoms with Crippen LogP contribution in [-0.2, 0) is 0 Å². The predicted octanol–water partition coefficient (Wildman–Crippen LogP) is 3.56. The molecule has 0 bridgehead atoms. The van der Waals surface area contributed by atoms with Gasteiger partial charge in [0.05, 0.1) is 0 Å². The predicted molar refractivity (Wildman–Crippen MR) is 67.6 cm³/mol. The molecule has 1 aliphatic carbocycles. The maximum Gasteiger partial charge on any atom is 0.126 e. The molecule has 1 aromatic carbocycles. The third-order valence-electron chi connectivity index (χ3n) is 4.35. The van der Waals surface area contributed by atoms with Crippen LogP contribution >= 0.6 is 0 Å². The van der Waals surface area contributed by atoms with Gasteiger partial charge in [-0.05, 0) is 24.5 Å². The first-order valence-corrected chi connectivity index (χ1v) is 6.83. The highest BCUT2D eigenvalue weighted by molar-refractivity contribution is 5.24. The molecule has 2 fully saturated rings. The van der Waals surface area contributed by atoms with Crippen molar-refractivity contribution in [2.24, 2.45) is 0 Å². The third kappa shape index (κ3) is 2.23. The number of hydrogen-bond donors (Lipinski definition) is 0. The molecule has 1 aliphatic heterocycles. The van der Waals surface area contributed by atoms with Crippen LogP contribution in [0.1, 0.15) is 43.6 Å². The number of benzene rings is 1. The Morgan fingerprint density at radius 3 is 2.41 bits per heavy atom. The summed E-state index contributed by atoms with van der Waals surface area (Å²) in [6.07, 6.45) is 6.87. The molecule has 1 saturated carbocycles. The molecule has 0 radical (unpaired) electrons. The van der Waals surface area contributed by atoms with E-state index in [1.165, 1.54) is 32.1 Å². The van der Waals surface area contributed by atoms with Crippen LogP contribution in [0, 0.1) is 5.82 Å². The summed E-state index contributed by atoms with van der Waals surface area (Å²) in [6.45, 7) is 2.12. The number of nitrogens with zero attached hydrogens (tertiary/aromatic N) is 1. The average molecular weight is 233 g/mol. The Balaban J connectivity index is 1.59. The zero-order valence-electron chi connectivity index (χ0n) is 10.2. The lowest BCUT2D eigenvalue weighted by Crippen LogP contribution is -2.51. The highest BCUT2D eigenvalue weighted by atomic mass is 19.1. The quantitative estimate of drug-likeness (QED) is 0.755. The summed E-state index contributed by atoms with van der Waals surface area (Å²) in [5.74, 6) is 0.402. The molecule has 1 saturated heterocycles. The molecule has 0 amide bonds. The van der Waals surface area contributed by atoms with Gasteiger partial charge in [-0.25, -0.2) is 4.39 Å². The highest BCUT2D eigenvalue weighted by Crippen LogP contribution is 2.34. The fourth-order valence-corrected chi connectivity index (χ4v) is 3.26. The molecule has 1 heterocycles. The van der Waals surface area contributed by atoms with Crippen molar-refractivity contribution in [1.82, 2.24) is 4.90 Å². The lowest BCUT2D eigenvalue weighted by atomic mass is 9.85. The monoisotopic (exact) mass is 233 g/mol. The molecule has 0 aromatic heterocycles. The Hall–Kier alpha value is -0.890. The van der Waals surface area contributed by atoms with Gasteiger partial charge in [-0.1, -0.05) is 37.5 Å². The Kier molecular flexibility index (Phi) is 3.15. The van der Waals surface area contributed by atoms with Gasteiger partial charge >= 0.3 is 0 Å². The average Bonchev–Trinajstić information content (AvgIpc) is 2.31. The third-order valence-corrected chi connectivity index (χ3v) is 4.35. The van der Waals surface area contributed by atoms with E-state index >= 15 is 0 Å². The summed E-state index contributed by atoms with van der Waals surface area (Å²) >= 11 is 0. The lowest BCUT2D eigenvalue weighted by Gasteiger charge is -2.46. The first-order valence-electron chi connectivity index (χ1n) is 6.83. The molecule has 0 spiro atoms. The molecule has 1 aromatic rings. The summed E-state index contributed by atoms with van der Waals surface area (Å²) in [4.78, 5) is 2.55. The second kappa shape index (κ2) is 4.77. The fourth-order valence-electron chi connectivity index (χ4n) is 3.26. The summed E-state index contributed by atoms with van der Waals surface area (Å²) in [5, 5.41) is 0. The Labute approximate surface area is 103 Å². The van der Waals surface area contributed by atoms with Gasteiger partial charge in [-0.3, -0.25) is 4.90 Å². The zero-order chi connectivity index (χ0) is 11.7. The van der Waals surface area contributed by atoms with E-state index in [1.54, 1.807) is 12.1 Å². The largest absolute Gasteiger partial charge is 0.299 e. The van der Waals surface area contributed by atoms with Crippen LogP contribution in [0.15, 0.2) is 24.3 Å². The van der Waals surface area contributed by atoms with Crippen molar-refractivity contribution in [1.29, 1.82) is 0 Å². The minimum Gasteiger partial charge on any atom is -0.299 e. The summed E-state index contributed by atoms with van der Waals surface area (Å²) < 4.78 is 13.6. The van der Waals surface area contributed by atoms with Gasteiger partial charge in [0.15, 0.2) is 0 Å². The van der Waals surface area contributed by atoms with Crippen molar-refractivity contribution in [2.75, 3.05) is 13.1 Å². The molecule has 92 valence electrons. The van der Waals surface area contributed by atoms with Crippen molar-refractivity contribution in [3.05, 3.63) is 35.6 Å². The van der Waals surface area contributed by atoms with Gasteiger partial charge in [0, 0.05) is 25.0 Å². The van der Waals surface area contributed by atoms with Gasteiger partial charge in [0.1, 0.15) is 5.82 Å². The van der Waals surface area contributed by atoms with E-state index < -0.39 is 0 Å². The number of hydrogen-bond acceptors (Lipinski definition) is 1. The fraction of sp³-hybridized carbons (Fsp3) is 0.600. The van der Waals surface area contributed by atoms with Crippen LogP contribution in [0.2, 0.25) is 0 Å². The molecular formula is C15H20FN. The second-order valence-electron chi connectivity index (χ2n) is 5.46. The molecule has 2 aliphatic rings. The maximum absolute atomic E-state index is 13.6. The van der Waals surface area contributed by atoms with E-state index in [9.17, 15) is 4.39 Å². The molecule has 1 nitrogen and oxygen atoms in total.